The van der Waals surface area contributed by atoms with Crippen LogP contribution in [0, 0.1) is 6.92 Å². The van der Waals surface area contributed by atoms with Gasteiger partial charge in [0.25, 0.3) is 0 Å². The Bertz CT molecular complexity index is 616. The fourth-order valence-electron chi connectivity index (χ4n) is 1.68. The molecule has 0 aromatic carbocycles. The van der Waals surface area contributed by atoms with Crippen LogP contribution < -0.4 is 5.32 Å². The van der Waals surface area contributed by atoms with E-state index in [4.69, 9.17) is 5.11 Å². The first-order chi connectivity index (χ1) is 9.52. The van der Waals surface area contributed by atoms with Crippen LogP contribution in [0.15, 0.2) is 24.8 Å². The summed E-state index contributed by atoms with van der Waals surface area (Å²) in [5, 5.41) is 19.2. The minimum absolute atomic E-state index is 0.173. The number of aryl methyl sites for hydroxylation is 2. The van der Waals surface area contributed by atoms with E-state index in [0.717, 1.165) is 5.56 Å². The zero-order valence-corrected chi connectivity index (χ0v) is 11.0. The van der Waals surface area contributed by atoms with Crippen LogP contribution in [0.5, 0.6) is 0 Å². The summed E-state index contributed by atoms with van der Waals surface area (Å²) in [5.74, 6) is -1.16. The fraction of sp³-hybridized carbons (Fsp3) is 0.333. The molecule has 0 atom stereocenters. The normalized spacial score (nSPS) is 10.4. The van der Waals surface area contributed by atoms with Crippen LogP contribution in [0.25, 0.3) is 0 Å². The van der Waals surface area contributed by atoms with Crippen molar-refractivity contribution >= 4 is 17.6 Å². The van der Waals surface area contributed by atoms with E-state index < -0.39 is 5.97 Å². The molecule has 0 saturated carbocycles. The number of aromatic nitrogens is 4. The van der Waals surface area contributed by atoms with Crippen LogP contribution in [-0.4, -0.2) is 36.5 Å². The van der Waals surface area contributed by atoms with Crippen LogP contribution in [0.2, 0.25) is 0 Å². The van der Waals surface area contributed by atoms with Gasteiger partial charge in [-0.1, -0.05) is 0 Å². The maximum atomic E-state index is 11.7. The predicted octanol–water partition coefficient (Wildman–Crippen LogP) is 0.501. The summed E-state index contributed by atoms with van der Waals surface area (Å²) in [6.07, 6.45) is 6.76. The van der Waals surface area contributed by atoms with Crippen LogP contribution in [0.3, 0.4) is 0 Å². The quantitative estimate of drug-likeness (QED) is 0.800. The van der Waals surface area contributed by atoms with Gasteiger partial charge < -0.3 is 10.4 Å². The molecule has 2 aromatic rings. The molecule has 2 rings (SSSR count). The van der Waals surface area contributed by atoms with E-state index >= 15 is 0 Å². The number of carboxylic acids is 1. The van der Waals surface area contributed by atoms with Crippen molar-refractivity contribution in [1.29, 1.82) is 0 Å². The largest absolute Gasteiger partial charge is 0.480 e. The fourth-order valence-corrected chi connectivity index (χ4v) is 1.68. The number of hydrogen-bond acceptors (Lipinski definition) is 4. The molecule has 2 heterocycles. The smallest absolute Gasteiger partial charge is 0.325 e. The number of hydrogen-bond donors (Lipinski definition) is 2. The molecule has 2 N–H and O–H groups in total. The summed E-state index contributed by atoms with van der Waals surface area (Å²) in [5.41, 5.74) is 1.52. The van der Waals surface area contributed by atoms with Crippen LogP contribution in [0.1, 0.15) is 12.0 Å². The van der Waals surface area contributed by atoms with Crippen LogP contribution in [0.4, 0.5) is 5.69 Å². The summed E-state index contributed by atoms with van der Waals surface area (Å²) in [7, 11) is 0. The predicted molar refractivity (Wildman–Crippen MR) is 70.1 cm³/mol. The van der Waals surface area contributed by atoms with Crippen molar-refractivity contribution in [3.63, 3.8) is 0 Å². The second-order valence-electron chi connectivity index (χ2n) is 4.40. The number of carbonyl (C=O) groups excluding carboxylic acids is 1. The lowest BCUT2D eigenvalue weighted by Gasteiger charge is -2.02. The number of carbonyl (C=O) groups is 2. The molecule has 2 aromatic heterocycles. The van der Waals surface area contributed by atoms with Crippen molar-refractivity contribution in [1.82, 2.24) is 19.6 Å². The van der Waals surface area contributed by atoms with E-state index in [2.05, 4.69) is 15.5 Å². The van der Waals surface area contributed by atoms with Crippen LogP contribution in [-0.2, 0) is 22.7 Å². The first kappa shape index (κ1) is 13.8. The molecule has 106 valence electrons. The van der Waals surface area contributed by atoms with Crippen molar-refractivity contribution in [3.8, 4) is 0 Å². The molecule has 0 unspecified atom stereocenters. The first-order valence-corrected chi connectivity index (χ1v) is 6.06. The van der Waals surface area contributed by atoms with Gasteiger partial charge in [-0.2, -0.15) is 10.2 Å². The van der Waals surface area contributed by atoms with Gasteiger partial charge in [-0.25, -0.2) is 0 Å². The van der Waals surface area contributed by atoms with E-state index in [1.165, 1.54) is 17.1 Å². The SMILES string of the molecule is Cc1cnn(CCC(=O)Nc2cnn(CC(=O)O)c2)c1. The van der Waals surface area contributed by atoms with E-state index in [-0.39, 0.29) is 18.9 Å². The number of aliphatic carboxylic acids is 1. The van der Waals surface area contributed by atoms with Gasteiger partial charge in [0.1, 0.15) is 6.54 Å². The molecule has 20 heavy (non-hydrogen) atoms. The Kier molecular flexibility index (Phi) is 4.14. The highest BCUT2D eigenvalue weighted by Crippen LogP contribution is 2.06. The van der Waals surface area contributed by atoms with E-state index in [1.807, 2.05) is 13.1 Å². The van der Waals surface area contributed by atoms with Gasteiger partial charge in [0, 0.05) is 25.4 Å². The highest BCUT2D eigenvalue weighted by atomic mass is 16.4. The molecule has 8 nitrogen and oxygen atoms in total. The molecule has 0 bridgehead atoms. The molecule has 0 aliphatic rings. The number of amides is 1. The summed E-state index contributed by atoms with van der Waals surface area (Å²) >= 11 is 0. The lowest BCUT2D eigenvalue weighted by Crippen LogP contribution is -2.14. The standard InChI is InChI=1S/C12H15N5O3/c1-9-4-13-16(6-9)3-2-11(18)15-10-5-14-17(7-10)8-12(19)20/h4-7H,2-3,8H2,1H3,(H,15,18)(H,19,20). The molecule has 0 aliphatic heterocycles. The minimum atomic E-state index is -0.986. The zero-order valence-electron chi connectivity index (χ0n) is 11.0. The number of nitrogens with one attached hydrogen (secondary N) is 1. The second kappa shape index (κ2) is 6.00. The summed E-state index contributed by atoms with van der Waals surface area (Å²) < 4.78 is 2.94. The molecule has 0 saturated heterocycles. The zero-order chi connectivity index (χ0) is 14.5. The topological polar surface area (TPSA) is 102 Å². The molecular weight excluding hydrogens is 262 g/mol. The highest BCUT2D eigenvalue weighted by molar-refractivity contribution is 5.90. The molecule has 8 heteroatoms. The maximum Gasteiger partial charge on any atom is 0.325 e. The van der Waals surface area contributed by atoms with Crippen molar-refractivity contribution in [2.75, 3.05) is 5.32 Å². The number of nitrogens with zero attached hydrogens (tertiary/aromatic N) is 4. The summed E-state index contributed by atoms with van der Waals surface area (Å²) in [6, 6.07) is 0. The monoisotopic (exact) mass is 277 g/mol. The molecule has 0 radical (unpaired) electrons. The summed E-state index contributed by atoms with van der Waals surface area (Å²) in [6.45, 7) is 2.19. The van der Waals surface area contributed by atoms with Gasteiger partial charge in [-0.05, 0) is 12.5 Å². The van der Waals surface area contributed by atoms with Gasteiger partial charge in [-0.3, -0.25) is 19.0 Å². The average Bonchev–Trinajstić information content (AvgIpc) is 2.95. The summed E-state index contributed by atoms with van der Waals surface area (Å²) in [4.78, 5) is 22.2. The molecule has 0 spiro atoms. The third-order valence-electron chi connectivity index (χ3n) is 2.54. The van der Waals surface area contributed by atoms with E-state index in [1.54, 1.807) is 10.9 Å². The molecule has 0 aliphatic carbocycles. The van der Waals surface area contributed by atoms with Crippen molar-refractivity contribution in [2.24, 2.45) is 0 Å². The molecule has 0 fully saturated rings. The van der Waals surface area contributed by atoms with Crippen LogP contribution >= 0.6 is 0 Å². The lowest BCUT2D eigenvalue weighted by atomic mass is 10.4. The number of rotatable bonds is 6. The third-order valence-corrected chi connectivity index (χ3v) is 2.54. The average molecular weight is 277 g/mol. The Morgan fingerprint density at radius 1 is 1.25 bits per heavy atom. The van der Waals surface area contributed by atoms with E-state index in [0.29, 0.717) is 12.2 Å². The minimum Gasteiger partial charge on any atom is -0.480 e. The van der Waals surface area contributed by atoms with Gasteiger partial charge in [0.2, 0.25) is 5.91 Å². The van der Waals surface area contributed by atoms with Crippen molar-refractivity contribution in [2.45, 2.75) is 26.4 Å². The van der Waals surface area contributed by atoms with E-state index in [9.17, 15) is 9.59 Å². The van der Waals surface area contributed by atoms with Crippen molar-refractivity contribution < 1.29 is 14.7 Å². The Morgan fingerprint density at radius 3 is 2.65 bits per heavy atom. The third kappa shape index (κ3) is 3.94. The van der Waals surface area contributed by atoms with Gasteiger partial charge >= 0.3 is 5.97 Å². The maximum absolute atomic E-state index is 11.7. The Labute approximate surface area is 115 Å². The highest BCUT2D eigenvalue weighted by Gasteiger charge is 2.07. The molecular formula is C12H15N5O3. The molecule has 1 amide bonds. The first-order valence-electron chi connectivity index (χ1n) is 6.06. The van der Waals surface area contributed by atoms with Gasteiger partial charge in [0.15, 0.2) is 0 Å². The van der Waals surface area contributed by atoms with Gasteiger partial charge in [-0.15, -0.1) is 0 Å². The number of anilines is 1. The second-order valence-corrected chi connectivity index (χ2v) is 4.40. The Morgan fingerprint density at radius 2 is 2.00 bits per heavy atom. The van der Waals surface area contributed by atoms with Crippen molar-refractivity contribution in [3.05, 3.63) is 30.4 Å². The van der Waals surface area contributed by atoms with Gasteiger partial charge in [0.05, 0.1) is 18.1 Å². The number of carboxylic acid groups (broad SMARTS) is 1. The lowest BCUT2D eigenvalue weighted by molar-refractivity contribution is -0.137. The Hall–Kier alpha value is -2.64. The Balaban J connectivity index is 1.82.